The third-order valence-electron chi connectivity index (χ3n) is 2.18. The van der Waals surface area contributed by atoms with E-state index in [1.165, 1.54) is 12.3 Å². The molecule has 0 bridgehead atoms. The fourth-order valence-corrected chi connectivity index (χ4v) is 2.16. The monoisotopic (exact) mass is 241 g/mol. The topological polar surface area (TPSA) is 67.3 Å². The Balaban J connectivity index is 2.98. The van der Waals surface area contributed by atoms with E-state index >= 15 is 0 Å². The van der Waals surface area contributed by atoms with Gasteiger partial charge in [0.2, 0.25) is 0 Å². The van der Waals surface area contributed by atoms with Crippen LogP contribution in [-0.4, -0.2) is 18.0 Å². The Hall–Kier alpha value is -1.53. The largest absolute Gasteiger partial charge is 0.295 e. The van der Waals surface area contributed by atoms with Gasteiger partial charge in [-0.1, -0.05) is 0 Å². The van der Waals surface area contributed by atoms with E-state index in [1.807, 2.05) is 0 Å². The van der Waals surface area contributed by atoms with Crippen LogP contribution >= 0.6 is 0 Å². The van der Waals surface area contributed by atoms with E-state index in [9.17, 15) is 12.8 Å². The summed E-state index contributed by atoms with van der Waals surface area (Å²) in [5.41, 5.74) is 0.615. The Labute approximate surface area is 91.5 Å². The highest BCUT2D eigenvalue weighted by Gasteiger charge is 2.16. The predicted molar refractivity (Wildman–Crippen MR) is 56.3 cm³/mol. The van der Waals surface area contributed by atoms with Crippen LogP contribution in [0.15, 0.2) is 29.3 Å². The van der Waals surface area contributed by atoms with Gasteiger partial charge in [-0.2, -0.15) is 8.42 Å². The number of rotatable bonds is 1. The molecule has 2 aromatic rings. The Morgan fingerprint density at radius 3 is 2.69 bits per heavy atom. The lowest BCUT2D eigenvalue weighted by Gasteiger charge is -2.04. The highest BCUT2D eigenvalue weighted by atomic mass is 32.2. The second-order valence-electron chi connectivity index (χ2n) is 3.43. The van der Waals surface area contributed by atoms with Gasteiger partial charge in [0, 0.05) is 11.6 Å². The molecule has 0 saturated carbocycles. The lowest BCUT2D eigenvalue weighted by atomic mass is 10.2. The molecule has 0 amide bonds. The van der Waals surface area contributed by atoms with E-state index in [0.29, 0.717) is 5.56 Å². The van der Waals surface area contributed by atoms with Gasteiger partial charge in [-0.3, -0.25) is 9.54 Å². The van der Waals surface area contributed by atoms with Gasteiger partial charge < -0.3 is 0 Å². The summed E-state index contributed by atoms with van der Waals surface area (Å²) >= 11 is 0. The van der Waals surface area contributed by atoms with Gasteiger partial charge in [0.1, 0.15) is 16.2 Å². The molecule has 84 valence electrons. The maximum atomic E-state index is 13.3. The molecule has 0 saturated heterocycles. The summed E-state index contributed by atoms with van der Waals surface area (Å²) in [6.45, 7) is 1.70. The SMILES string of the molecule is Cc1cnc2c(F)ccc(S(=O)(=O)O)c2c1. The Bertz CT molecular complexity index is 667. The van der Waals surface area contributed by atoms with Crippen LogP contribution in [0.2, 0.25) is 0 Å². The number of benzene rings is 1. The molecule has 16 heavy (non-hydrogen) atoms. The van der Waals surface area contributed by atoms with Gasteiger partial charge >= 0.3 is 0 Å². The van der Waals surface area contributed by atoms with E-state index in [1.54, 1.807) is 6.92 Å². The summed E-state index contributed by atoms with van der Waals surface area (Å²) in [5.74, 6) is -0.623. The summed E-state index contributed by atoms with van der Waals surface area (Å²) in [4.78, 5) is 3.47. The Morgan fingerprint density at radius 2 is 2.06 bits per heavy atom. The minimum absolute atomic E-state index is 0.0688. The van der Waals surface area contributed by atoms with Gasteiger partial charge in [0.05, 0.1) is 0 Å². The van der Waals surface area contributed by atoms with E-state index < -0.39 is 15.9 Å². The number of hydrogen-bond donors (Lipinski definition) is 1. The molecule has 0 fully saturated rings. The van der Waals surface area contributed by atoms with Crippen LogP contribution in [0, 0.1) is 12.7 Å². The number of aryl methyl sites for hydroxylation is 1. The minimum Gasteiger partial charge on any atom is -0.282 e. The molecule has 2 rings (SSSR count). The van der Waals surface area contributed by atoms with Crippen molar-refractivity contribution in [2.45, 2.75) is 11.8 Å². The fraction of sp³-hybridized carbons (Fsp3) is 0.100. The van der Waals surface area contributed by atoms with Crippen LogP contribution in [0.5, 0.6) is 0 Å². The molecule has 0 unspecified atom stereocenters. The van der Waals surface area contributed by atoms with E-state index in [4.69, 9.17) is 4.55 Å². The molecule has 1 heterocycles. The van der Waals surface area contributed by atoms with Gasteiger partial charge in [-0.25, -0.2) is 4.39 Å². The second-order valence-corrected chi connectivity index (χ2v) is 4.82. The molecule has 0 spiro atoms. The molecule has 1 N–H and O–H groups in total. The summed E-state index contributed by atoms with van der Waals surface area (Å²) in [7, 11) is -4.37. The van der Waals surface area contributed by atoms with Crippen molar-refractivity contribution in [3.05, 3.63) is 35.8 Å². The second kappa shape index (κ2) is 3.50. The third kappa shape index (κ3) is 1.77. The van der Waals surface area contributed by atoms with Crippen LogP contribution < -0.4 is 0 Å². The summed E-state index contributed by atoms with van der Waals surface area (Å²) < 4.78 is 44.5. The highest BCUT2D eigenvalue weighted by molar-refractivity contribution is 7.86. The average Bonchev–Trinajstić information content (AvgIpc) is 2.15. The molecule has 1 aromatic heterocycles. The Morgan fingerprint density at radius 1 is 1.38 bits per heavy atom. The lowest BCUT2D eigenvalue weighted by Crippen LogP contribution is -2.01. The van der Waals surface area contributed by atoms with Crippen molar-refractivity contribution < 1.29 is 17.4 Å². The molecule has 0 atom stereocenters. The van der Waals surface area contributed by atoms with E-state index in [-0.39, 0.29) is 15.8 Å². The molecule has 0 aliphatic rings. The van der Waals surface area contributed by atoms with Gasteiger partial charge in [-0.05, 0) is 30.7 Å². The molecule has 1 aromatic carbocycles. The predicted octanol–water partition coefficient (Wildman–Crippen LogP) is 1.93. The normalized spacial score (nSPS) is 11.9. The molecule has 0 radical (unpaired) electrons. The maximum absolute atomic E-state index is 13.3. The van der Waals surface area contributed by atoms with Crippen LogP contribution in [0.25, 0.3) is 10.9 Å². The van der Waals surface area contributed by atoms with Gasteiger partial charge in [-0.15, -0.1) is 0 Å². The number of halogens is 1. The number of fused-ring (bicyclic) bond motifs is 1. The van der Waals surface area contributed by atoms with Gasteiger partial charge in [0.15, 0.2) is 0 Å². The molecule has 6 heteroatoms. The molecule has 4 nitrogen and oxygen atoms in total. The van der Waals surface area contributed by atoms with E-state index in [2.05, 4.69) is 4.98 Å². The lowest BCUT2D eigenvalue weighted by molar-refractivity contribution is 0.484. The quantitative estimate of drug-likeness (QED) is 0.774. The van der Waals surface area contributed by atoms with Gasteiger partial charge in [0.25, 0.3) is 10.1 Å². The summed E-state index contributed by atoms with van der Waals surface area (Å²) in [5, 5.41) is 0.0856. The highest BCUT2D eigenvalue weighted by Crippen LogP contribution is 2.24. The average molecular weight is 241 g/mol. The van der Waals surface area contributed by atoms with Crippen LogP contribution in [0.1, 0.15) is 5.56 Å². The van der Waals surface area contributed by atoms with Crippen molar-refractivity contribution in [1.29, 1.82) is 0 Å². The zero-order chi connectivity index (χ0) is 11.9. The smallest absolute Gasteiger partial charge is 0.282 e. The van der Waals surface area contributed by atoms with E-state index in [0.717, 1.165) is 12.1 Å². The van der Waals surface area contributed by atoms with Crippen molar-refractivity contribution in [3.63, 3.8) is 0 Å². The summed E-state index contributed by atoms with van der Waals surface area (Å²) in [6.07, 6.45) is 1.43. The van der Waals surface area contributed by atoms with Crippen molar-refractivity contribution >= 4 is 21.0 Å². The first kappa shape index (κ1) is 11.0. The number of nitrogens with zero attached hydrogens (tertiary/aromatic N) is 1. The van der Waals surface area contributed by atoms with Crippen LogP contribution in [-0.2, 0) is 10.1 Å². The molecular weight excluding hydrogens is 233 g/mol. The number of aromatic nitrogens is 1. The first-order valence-electron chi connectivity index (χ1n) is 4.42. The third-order valence-corrected chi connectivity index (χ3v) is 3.09. The zero-order valence-electron chi connectivity index (χ0n) is 8.31. The fourth-order valence-electron chi connectivity index (χ4n) is 1.49. The Kier molecular flexibility index (Phi) is 2.40. The zero-order valence-corrected chi connectivity index (χ0v) is 9.12. The van der Waals surface area contributed by atoms with Crippen LogP contribution in [0.3, 0.4) is 0 Å². The first-order chi connectivity index (χ1) is 7.39. The minimum atomic E-state index is -4.37. The summed E-state index contributed by atoms with van der Waals surface area (Å²) in [6, 6.07) is 3.45. The van der Waals surface area contributed by atoms with Crippen molar-refractivity contribution in [3.8, 4) is 0 Å². The van der Waals surface area contributed by atoms with Crippen molar-refractivity contribution in [1.82, 2.24) is 4.98 Å². The first-order valence-corrected chi connectivity index (χ1v) is 5.86. The molecule has 0 aliphatic heterocycles. The number of pyridine rings is 1. The molecular formula is C10H8FNO3S. The molecule has 0 aliphatic carbocycles. The van der Waals surface area contributed by atoms with Crippen molar-refractivity contribution in [2.24, 2.45) is 0 Å². The number of hydrogen-bond acceptors (Lipinski definition) is 3. The van der Waals surface area contributed by atoms with Crippen molar-refractivity contribution in [2.75, 3.05) is 0 Å². The maximum Gasteiger partial charge on any atom is 0.295 e. The standard InChI is InChI=1S/C10H8FNO3S/c1-6-4-7-9(16(13,14)15)3-2-8(11)10(7)12-5-6/h2-5H,1H3,(H,13,14,15). The van der Waals surface area contributed by atoms with Crippen LogP contribution in [0.4, 0.5) is 4.39 Å².